The first-order valence-corrected chi connectivity index (χ1v) is 8.20. The highest BCUT2D eigenvalue weighted by atomic mass is 16.1. The SMILES string of the molecule is CC(C)C(C)N(C)Cc1nc2c(cnn2-c2ccccc2)c(=O)[nH]1. The molecule has 0 amide bonds. The summed E-state index contributed by atoms with van der Waals surface area (Å²) in [5.74, 6) is 1.18. The molecule has 0 spiro atoms. The summed E-state index contributed by atoms with van der Waals surface area (Å²) in [6.07, 6.45) is 1.57. The topological polar surface area (TPSA) is 66.8 Å². The van der Waals surface area contributed by atoms with Gasteiger partial charge in [-0.2, -0.15) is 5.10 Å². The van der Waals surface area contributed by atoms with Crippen LogP contribution < -0.4 is 5.56 Å². The minimum Gasteiger partial charge on any atom is -0.309 e. The van der Waals surface area contributed by atoms with Crippen molar-refractivity contribution in [3.8, 4) is 5.69 Å². The summed E-state index contributed by atoms with van der Waals surface area (Å²) in [7, 11) is 2.04. The van der Waals surface area contributed by atoms with Gasteiger partial charge in [-0.3, -0.25) is 9.69 Å². The van der Waals surface area contributed by atoms with Crippen molar-refractivity contribution in [1.82, 2.24) is 24.6 Å². The zero-order valence-electron chi connectivity index (χ0n) is 14.5. The summed E-state index contributed by atoms with van der Waals surface area (Å²) in [6, 6.07) is 10.1. The van der Waals surface area contributed by atoms with Crippen LogP contribution in [0.25, 0.3) is 16.7 Å². The Morgan fingerprint density at radius 1 is 1.21 bits per heavy atom. The summed E-state index contributed by atoms with van der Waals surface area (Å²) in [5.41, 5.74) is 1.33. The molecule has 126 valence electrons. The van der Waals surface area contributed by atoms with E-state index in [0.717, 1.165) is 5.69 Å². The summed E-state index contributed by atoms with van der Waals surface area (Å²) < 4.78 is 1.71. The molecule has 0 aliphatic carbocycles. The number of H-pyrrole nitrogens is 1. The molecule has 1 unspecified atom stereocenters. The lowest BCUT2D eigenvalue weighted by Gasteiger charge is -2.27. The minimum atomic E-state index is -0.150. The highest BCUT2D eigenvalue weighted by Gasteiger charge is 2.16. The number of hydrogen-bond donors (Lipinski definition) is 1. The van der Waals surface area contributed by atoms with E-state index < -0.39 is 0 Å². The molecule has 0 aliphatic heterocycles. The van der Waals surface area contributed by atoms with Gasteiger partial charge in [-0.15, -0.1) is 0 Å². The van der Waals surface area contributed by atoms with E-state index in [-0.39, 0.29) is 5.56 Å². The van der Waals surface area contributed by atoms with Gasteiger partial charge in [0.15, 0.2) is 5.65 Å². The number of aromatic amines is 1. The highest BCUT2D eigenvalue weighted by molar-refractivity contribution is 5.75. The van der Waals surface area contributed by atoms with Crippen LogP contribution in [0.2, 0.25) is 0 Å². The molecule has 0 fully saturated rings. The Labute approximate surface area is 141 Å². The van der Waals surface area contributed by atoms with E-state index in [1.54, 1.807) is 10.9 Å². The molecule has 2 aromatic heterocycles. The normalized spacial score (nSPS) is 13.1. The maximum absolute atomic E-state index is 12.4. The summed E-state index contributed by atoms with van der Waals surface area (Å²) in [6.45, 7) is 7.13. The smallest absolute Gasteiger partial charge is 0.262 e. The molecule has 0 saturated heterocycles. The first-order valence-electron chi connectivity index (χ1n) is 8.20. The monoisotopic (exact) mass is 325 g/mol. The predicted molar refractivity (Wildman–Crippen MR) is 95.3 cm³/mol. The molecular weight excluding hydrogens is 302 g/mol. The molecule has 0 radical (unpaired) electrons. The number of aromatic nitrogens is 4. The van der Waals surface area contributed by atoms with E-state index in [1.807, 2.05) is 37.4 Å². The quantitative estimate of drug-likeness (QED) is 0.783. The van der Waals surface area contributed by atoms with E-state index >= 15 is 0 Å². The van der Waals surface area contributed by atoms with Gasteiger partial charge in [0.05, 0.1) is 18.4 Å². The predicted octanol–water partition coefficient (Wildman–Crippen LogP) is 2.59. The Hall–Kier alpha value is -2.47. The first-order chi connectivity index (χ1) is 11.5. The van der Waals surface area contributed by atoms with E-state index in [2.05, 4.69) is 40.7 Å². The second-order valence-electron chi connectivity index (χ2n) is 6.54. The van der Waals surface area contributed by atoms with Crippen molar-refractivity contribution in [2.45, 2.75) is 33.4 Å². The van der Waals surface area contributed by atoms with Crippen LogP contribution in [0.5, 0.6) is 0 Å². The van der Waals surface area contributed by atoms with Crippen molar-refractivity contribution in [1.29, 1.82) is 0 Å². The van der Waals surface area contributed by atoms with Crippen LogP contribution in [0.3, 0.4) is 0 Å². The third kappa shape index (κ3) is 3.10. The van der Waals surface area contributed by atoms with Gasteiger partial charge in [0.2, 0.25) is 0 Å². The summed E-state index contributed by atoms with van der Waals surface area (Å²) in [5, 5.41) is 4.83. The van der Waals surface area contributed by atoms with Crippen LogP contribution in [0.1, 0.15) is 26.6 Å². The van der Waals surface area contributed by atoms with Crippen LogP contribution in [0, 0.1) is 5.92 Å². The molecule has 0 bridgehead atoms. The van der Waals surface area contributed by atoms with Gasteiger partial charge >= 0.3 is 0 Å². The number of nitrogens with zero attached hydrogens (tertiary/aromatic N) is 4. The zero-order valence-corrected chi connectivity index (χ0v) is 14.5. The lowest BCUT2D eigenvalue weighted by atomic mass is 10.1. The number of nitrogens with one attached hydrogen (secondary N) is 1. The number of hydrogen-bond acceptors (Lipinski definition) is 4. The van der Waals surface area contributed by atoms with Gasteiger partial charge in [-0.05, 0) is 32.0 Å². The maximum Gasteiger partial charge on any atom is 0.262 e. The number of benzene rings is 1. The Kier molecular flexibility index (Phi) is 4.49. The Balaban J connectivity index is 2.01. The van der Waals surface area contributed by atoms with E-state index in [1.165, 1.54) is 0 Å². The van der Waals surface area contributed by atoms with Crippen LogP contribution >= 0.6 is 0 Å². The largest absolute Gasteiger partial charge is 0.309 e. The Morgan fingerprint density at radius 3 is 2.58 bits per heavy atom. The van der Waals surface area contributed by atoms with Crippen molar-refractivity contribution in [2.24, 2.45) is 5.92 Å². The molecule has 24 heavy (non-hydrogen) atoms. The molecule has 6 nitrogen and oxygen atoms in total. The molecule has 3 aromatic rings. The minimum absolute atomic E-state index is 0.150. The van der Waals surface area contributed by atoms with E-state index in [4.69, 9.17) is 0 Å². The third-order valence-corrected chi connectivity index (χ3v) is 4.55. The zero-order chi connectivity index (χ0) is 17.3. The number of para-hydroxylation sites is 1. The lowest BCUT2D eigenvalue weighted by molar-refractivity contribution is 0.196. The van der Waals surface area contributed by atoms with E-state index in [0.29, 0.717) is 35.4 Å². The van der Waals surface area contributed by atoms with Gasteiger partial charge in [-0.1, -0.05) is 32.0 Å². The second-order valence-corrected chi connectivity index (χ2v) is 6.54. The molecule has 0 aliphatic rings. The summed E-state index contributed by atoms with van der Waals surface area (Å²) in [4.78, 5) is 22.1. The first kappa shape index (κ1) is 16.4. The van der Waals surface area contributed by atoms with E-state index in [9.17, 15) is 4.79 Å². The average molecular weight is 325 g/mol. The third-order valence-electron chi connectivity index (χ3n) is 4.55. The molecule has 2 heterocycles. The molecule has 3 rings (SSSR count). The van der Waals surface area contributed by atoms with Crippen LogP contribution in [0.4, 0.5) is 0 Å². The number of fused-ring (bicyclic) bond motifs is 1. The van der Waals surface area contributed by atoms with Crippen LogP contribution in [-0.2, 0) is 6.54 Å². The molecule has 1 aromatic carbocycles. The Bertz CT molecular complexity index is 881. The van der Waals surface area contributed by atoms with Crippen molar-refractivity contribution >= 4 is 11.0 Å². The van der Waals surface area contributed by atoms with Gasteiger partial charge in [0.1, 0.15) is 11.2 Å². The molecule has 1 N–H and O–H groups in total. The average Bonchev–Trinajstić information content (AvgIpc) is 2.99. The van der Waals surface area contributed by atoms with Gasteiger partial charge in [0.25, 0.3) is 5.56 Å². The maximum atomic E-state index is 12.4. The van der Waals surface area contributed by atoms with Crippen molar-refractivity contribution in [2.75, 3.05) is 7.05 Å². The molecule has 1 atom stereocenters. The fourth-order valence-electron chi connectivity index (χ4n) is 2.69. The standard InChI is InChI=1S/C18H23N5O/c1-12(2)13(3)22(4)11-16-20-17-15(18(24)21-16)10-19-23(17)14-8-6-5-7-9-14/h5-10,12-13H,11H2,1-4H3,(H,20,21,24). The lowest BCUT2D eigenvalue weighted by Crippen LogP contribution is -2.33. The molecule has 0 saturated carbocycles. The van der Waals surface area contributed by atoms with Crippen molar-refractivity contribution in [3.63, 3.8) is 0 Å². The number of rotatable bonds is 5. The van der Waals surface area contributed by atoms with Crippen molar-refractivity contribution in [3.05, 3.63) is 52.7 Å². The molecule has 6 heteroatoms. The second kappa shape index (κ2) is 6.57. The van der Waals surface area contributed by atoms with Crippen molar-refractivity contribution < 1.29 is 0 Å². The van der Waals surface area contributed by atoms with Gasteiger partial charge < -0.3 is 4.98 Å². The van der Waals surface area contributed by atoms with Gasteiger partial charge in [0, 0.05) is 6.04 Å². The Morgan fingerprint density at radius 2 is 1.92 bits per heavy atom. The van der Waals surface area contributed by atoms with Crippen LogP contribution in [-0.4, -0.2) is 37.7 Å². The van der Waals surface area contributed by atoms with Gasteiger partial charge in [-0.25, -0.2) is 9.67 Å². The summed E-state index contributed by atoms with van der Waals surface area (Å²) >= 11 is 0. The van der Waals surface area contributed by atoms with Crippen LogP contribution in [0.15, 0.2) is 41.3 Å². The fraction of sp³-hybridized carbons (Fsp3) is 0.389. The molecular formula is C18H23N5O. The highest BCUT2D eigenvalue weighted by Crippen LogP contribution is 2.15. The fourth-order valence-corrected chi connectivity index (χ4v) is 2.69.